The Balaban J connectivity index is 2.18. The van der Waals surface area contributed by atoms with Gasteiger partial charge in [0.25, 0.3) is 0 Å². The van der Waals surface area contributed by atoms with Crippen molar-refractivity contribution in [2.45, 2.75) is 19.0 Å². The van der Waals surface area contributed by atoms with Gasteiger partial charge in [-0.15, -0.1) is 0 Å². The average molecular weight is 236 g/mol. The zero-order valence-electron chi connectivity index (χ0n) is 9.07. The third-order valence-corrected chi connectivity index (χ3v) is 2.58. The number of ether oxygens (including phenoxy) is 1. The lowest BCUT2D eigenvalue weighted by Gasteiger charge is -2.15. The smallest absolute Gasteiger partial charge is 0.387 e. The Labute approximate surface area is 98.4 Å². The quantitative estimate of drug-likeness (QED) is 0.817. The first kappa shape index (κ1) is 11.6. The Bertz CT molecular complexity index is 455. The molecule has 0 heterocycles. The summed E-state index contributed by atoms with van der Waals surface area (Å²) in [6, 6.07) is 4.89. The van der Waals surface area contributed by atoms with Gasteiger partial charge in [-0.25, -0.2) is 0 Å². The lowest BCUT2D eigenvalue weighted by atomic mass is 9.92. The van der Waals surface area contributed by atoms with E-state index >= 15 is 0 Å². The van der Waals surface area contributed by atoms with Gasteiger partial charge in [-0.3, -0.25) is 0 Å². The monoisotopic (exact) mass is 236 g/mol. The number of halogens is 2. The van der Waals surface area contributed by atoms with E-state index in [1.165, 1.54) is 6.07 Å². The molecule has 0 saturated heterocycles. The van der Waals surface area contributed by atoms with Crippen LogP contribution in [0.1, 0.15) is 17.9 Å². The first-order chi connectivity index (χ1) is 8.16. The van der Waals surface area contributed by atoms with Crippen LogP contribution < -0.4 is 10.5 Å². The molecule has 89 valence electrons. The van der Waals surface area contributed by atoms with Crippen LogP contribution in [0.25, 0.3) is 0 Å². The predicted octanol–water partition coefficient (Wildman–Crippen LogP) is 3.27. The lowest BCUT2D eigenvalue weighted by molar-refractivity contribution is -0.0493. The van der Waals surface area contributed by atoms with Gasteiger partial charge >= 0.3 is 6.61 Å². The highest BCUT2D eigenvalue weighted by atomic mass is 19.3. The molecule has 2 rings (SSSR count). The summed E-state index contributed by atoms with van der Waals surface area (Å²) in [7, 11) is 0. The number of nitrogens with two attached hydrogens (primary N) is 1. The van der Waals surface area contributed by atoms with Gasteiger partial charge in [0, 0.05) is 5.92 Å². The second-order valence-electron chi connectivity index (χ2n) is 3.75. The van der Waals surface area contributed by atoms with Crippen molar-refractivity contribution in [3.05, 3.63) is 48.1 Å². The summed E-state index contributed by atoms with van der Waals surface area (Å²) < 4.78 is 28.4. The van der Waals surface area contributed by atoms with Gasteiger partial charge in [-0.2, -0.15) is 8.78 Å². The van der Waals surface area contributed by atoms with Crippen LogP contribution in [0.2, 0.25) is 0 Å². The SMILES string of the molecule is Nc1cc(C2C=[C]C=CC2)ccc1OC(F)F. The third kappa shape index (κ3) is 2.84. The van der Waals surface area contributed by atoms with Crippen molar-refractivity contribution in [1.82, 2.24) is 0 Å². The van der Waals surface area contributed by atoms with Gasteiger partial charge in [0.2, 0.25) is 0 Å². The molecule has 0 aromatic heterocycles. The van der Waals surface area contributed by atoms with Gasteiger partial charge in [-0.1, -0.05) is 24.3 Å². The number of nitrogen functional groups attached to an aromatic ring is 1. The molecule has 0 fully saturated rings. The number of alkyl halides is 2. The maximum atomic E-state index is 12.1. The Kier molecular flexibility index (Phi) is 3.42. The lowest BCUT2D eigenvalue weighted by Crippen LogP contribution is -2.05. The van der Waals surface area contributed by atoms with E-state index in [2.05, 4.69) is 10.8 Å². The Morgan fingerprint density at radius 3 is 2.82 bits per heavy atom. The largest absolute Gasteiger partial charge is 0.433 e. The molecule has 0 amide bonds. The molecule has 1 aromatic carbocycles. The van der Waals surface area contributed by atoms with Gasteiger partial charge in [0.05, 0.1) is 5.69 Å². The fourth-order valence-electron chi connectivity index (χ4n) is 1.76. The number of hydrogen-bond donors (Lipinski definition) is 1. The van der Waals surface area contributed by atoms with Crippen LogP contribution in [0.4, 0.5) is 14.5 Å². The van der Waals surface area contributed by atoms with Crippen molar-refractivity contribution in [3.63, 3.8) is 0 Å². The van der Waals surface area contributed by atoms with Crippen molar-refractivity contribution < 1.29 is 13.5 Å². The van der Waals surface area contributed by atoms with E-state index in [0.717, 1.165) is 12.0 Å². The van der Waals surface area contributed by atoms with E-state index in [0.29, 0.717) is 0 Å². The molecule has 1 radical (unpaired) electrons. The summed E-state index contributed by atoms with van der Waals surface area (Å²) in [6.07, 6.45) is 9.66. The van der Waals surface area contributed by atoms with Crippen molar-refractivity contribution in [2.24, 2.45) is 0 Å². The van der Waals surface area contributed by atoms with Crippen LogP contribution in [-0.4, -0.2) is 6.61 Å². The molecule has 1 aliphatic carbocycles. The number of benzene rings is 1. The van der Waals surface area contributed by atoms with E-state index < -0.39 is 6.61 Å². The standard InChI is InChI=1S/C13H12F2NO/c14-13(15)17-12-7-6-10(8-11(12)16)9-4-2-1-3-5-9/h1-2,5-9,13H,4,16H2. The first-order valence-corrected chi connectivity index (χ1v) is 5.25. The molecule has 1 atom stereocenters. The van der Waals surface area contributed by atoms with E-state index in [-0.39, 0.29) is 17.4 Å². The summed E-state index contributed by atoms with van der Waals surface area (Å²) in [6.45, 7) is -2.85. The number of anilines is 1. The van der Waals surface area contributed by atoms with E-state index in [1.807, 2.05) is 18.2 Å². The minimum absolute atomic E-state index is 0.0167. The highest BCUT2D eigenvalue weighted by molar-refractivity contribution is 5.55. The van der Waals surface area contributed by atoms with Gasteiger partial charge < -0.3 is 10.5 Å². The second kappa shape index (κ2) is 4.99. The summed E-state index contributed by atoms with van der Waals surface area (Å²) in [5, 5.41) is 0. The fourth-order valence-corrected chi connectivity index (χ4v) is 1.76. The highest BCUT2D eigenvalue weighted by Gasteiger charge is 2.12. The summed E-state index contributed by atoms with van der Waals surface area (Å²) >= 11 is 0. The third-order valence-electron chi connectivity index (χ3n) is 2.58. The van der Waals surface area contributed by atoms with Crippen LogP contribution in [-0.2, 0) is 0 Å². The number of allylic oxidation sites excluding steroid dienone is 4. The molecular weight excluding hydrogens is 224 g/mol. The molecule has 1 aliphatic rings. The molecule has 17 heavy (non-hydrogen) atoms. The van der Waals surface area contributed by atoms with Gasteiger partial charge in [0.15, 0.2) is 0 Å². The minimum Gasteiger partial charge on any atom is -0.433 e. The van der Waals surface area contributed by atoms with Crippen LogP contribution in [0.5, 0.6) is 5.75 Å². The average Bonchev–Trinajstić information content (AvgIpc) is 2.32. The zero-order chi connectivity index (χ0) is 12.3. The zero-order valence-corrected chi connectivity index (χ0v) is 9.07. The van der Waals surface area contributed by atoms with Crippen molar-refractivity contribution >= 4 is 5.69 Å². The Hall–Kier alpha value is -1.84. The van der Waals surface area contributed by atoms with E-state index in [4.69, 9.17) is 5.73 Å². The molecule has 0 saturated carbocycles. The minimum atomic E-state index is -2.85. The molecule has 2 N–H and O–H groups in total. The van der Waals surface area contributed by atoms with Gasteiger partial charge in [0.1, 0.15) is 5.75 Å². The summed E-state index contributed by atoms with van der Waals surface area (Å²) in [5.41, 5.74) is 6.87. The maximum absolute atomic E-state index is 12.1. The molecule has 1 unspecified atom stereocenters. The second-order valence-corrected chi connectivity index (χ2v) is 3.75. The molecule has 1 aromatic rings. The Morgan fingerprint density at radius 1 is 1.41 bits per heavy atom. The molecule has 4 heteroatoms. The maximum Gasteiger partial charge on any atom is 0.387 e. The summed E-state index contributed by atoms with van der Waals surface area (Å²) in [5.74, 6) is 0.214. The topological polar surface area (TPSA) is 35.2 Å². The van der Waals surface area contributed by atoms with E-state index in [1.54, 1.807) is 12.1 Å². The highest BCUT2D eigenvalue weighted by Crippen LogP contribution is 2.30. The van der Waals surface area contributed by atoms with Crippen molar-refractivity contribution in [3.8, 4) is 5.75 Å². The first-order valence-electron chi connectivity index (χ1n) is 5.25. The van der Waals surface area contributed by atoms with Crippen LogP contribution in [0.15, 0.2) is 36.4 Å². The van der Waals surface area contributed by atoms with Crippen molar-refractivity contribution in [1.29, 1.82) is 0 Å². The fraction of sp³-hybridized carbons (Fsp3) is 0.231. The normalized spacial score (nSPS) is 18.6. The van der Waals surface area contributed by atoms with Crippen LogP contribution in [0.3, 0.4) is 0 Å². The van der Waals surface area contributed by atoms with Crippen molar-refractivity contribution in [2.75, 3.05) is 5.73 Å². The molecule has 0 aliphatic heterocycles. The van der Waals surface area contributed by atoms with Crippen LogP contribution >= 0.6 is 0 Å². The summed E-state index contributed by atoms with van der Waals surface area (Å²) in [4.78, 5) is 0. The predicted molar refractivity (Wildman–Crippen MR) is 61.8 cm³/mol. The van der Waals surface area contributed by atoms with Gasteiger partial charge in [-0.05, 0) is 30.2 Å². The number of hydrogen-bond acceptors (Lipinski definition) is 2. The van der Waals surface area contributed by atoms with Crippen LogP contribution in [0, 0.1) is 6.08 Å². The number of rotatable bonds is 3. The Morgan fingerprint density at radius 2 is 2.24 bits per heavy atom. The molecule has 0 spiro atoms. The molecule has 2 nitrogen and oxygen atoms in total. The molecular formula is C13H12F2NO. The van der Waals surface area contributed by atoms with E-state index in [9.17, 15) is 8.78 Å². The molecule has 0 bridgehead atoms.